The maximum Gasteiger partial charge on any atom is 0.339 e. The van der Waals surface area contributed by atoms with E-state index in [0.717, 1.165) is 37.2 Å². The Kier molecular flexibility index (Phi) is 3.98. The van der Waals surface area contributed by atoms with Crippen LogP contribution in [0.3, 0.4) is 0 Å². The first-order valence-electron chi connectivity index (χ1n) is 8.57. The monoisotopic (exact) mass is 322 g/mol. The summed E-state index contributed by atoms with van der Waals surface area (Å²) in [6.07, 6.45) is 1.65. The molecule has 0 radical (unpaired) electrons. The second-order valence-electron chi connectivity index (χ2n) is 6.66. The first-order valence-corrected chi connectivity index (χ1v) is 8.57. The van der Waals surface area contributed by atoms with Crippen LogP contribution in [-0.4, -0.2) is 25.1 Å². The average molecular weight is 322 g/mol. The Morgan fingerprint density at radius 2 is 2.12 bits per heavy atom. The van der Waals surface area contributed by atoms with Crippen molar-refractivity contribution >= 4 is 11.7 Å². The van der Waals surface area contributed by atoms with E-state index in [0.29, 0.717) is 11.6 Å². The van der Waals surface area contributed by atoms with Gasteiger partial charge in [0.15, 0.2) is 0 Å². The summed E-state index contributed by atoms with van der Waals surface area (Å²) in [6.45, 7) is 4.11. The highest BCUT2D eigenvalue weighted by molar-refractivity contribution is 5.95. The second kappa shape index (κ2) is 6.29. The molecular weight excluding hydrogens is 300 g/mol. The van der Waals surface area contributed by atoms with Gasteiger partial charge in [0.2, 0.25) is 0 Å². The van der Waals surface area contributed by atoms with E-state index >= 15 is 0 Å². The van der Waals surface area contributed by atoms with Crippen LogP contribution in [0.1, 0.15) is 39.6 Å². The summed E-state index contributed by atoms with van der Waals surface area (Å²) >= 11 is 0. The molecule has 0 aliphatic carbocycles. The number of carbonyl (C=O) groups excluding carboxylic acids is 1. The zero-order valence-electron chi connectivity index (χ0n) is 13.8. The van der Waals surface area contributed by atoms with Gasteiger partial charge >= 0.3 is 5.97 Å². The van der Waals surface area contributed by atoms with Crippen LogP contribution >= 0.6 is 0 Å². The van der Waals surface area contributed by atoms with Crippen molar-refractivity contribution in [2.75, 3.05) is 18.4 Å². The summed E-state index contributed by atoms with van der Waals surface area (Å²) in [7, 11) is 0. The van der Waals surface area contributed by atoms with Crippen LogP contribution in [0.2, 0.25) is 0 Å². The predicted molar refractivity (Wildman–Crippen MR) is 94.4 cm³/mol. The van der Waals surface area contributed by atoms with Gasteiger partial charge in [0.25, 0.3) is 0 Å². The van der Waals surface area contributed by atoms with E-state index in [4.69, 9.17) is 4.74 Å². The third-order valence-electron chi connectivity index (χ3n) is 4.97. The molecule has 2 aliphatic heterocycles. The van der Waals surface area contributed by atoms with Gasteiger partial charge in [0, 0.05) is 30.3 Å². The molecule has 2 aromatic rings. The number of benzene rings is 2. The number of aryl methyl sites for hydroxylation is 1. The number of anilines is 1. The standard InChI is InChI=1S/C20H22N2O2/c1-13-4-2-3-5-14(13)10-19-17-7-6-15(11-18(17)20(23)24-19)22-16-8-9-21-12-16/h2-7,11,16,19,21-22H,8-10,12H2,1H3. The summed E-state index contributed by atoms with van der Waals surface area (Å²) in [5.41, 5.74) is 5.15. The molecule has 2 unspecified atom stereocenters. The molecule has 2 atom stereocenters. The molecule has 2 N–H and O–H groups in total. The number of carbonyl (C=O) groups is 1. The lowest BCUT2D eigenvalue weighted by Gasteiger charge is -2.14. The first-order chi connectivity index (χ1) is 11.7. The van der Waals surface area contributed by atoms with E-state index in [1.165, 1.54) is 11.1 Å². The third-order valence-corrected chi connectivity index (χ3v) is 4.97. The van der Waals surface area contributed by atoms with Crippen LogP contribution in [0.15, 0.2) is 42.5 Å². The van der Waals surface area contributed by atoms with Crippen molar-refractivity contribution in [1.82, 2.24) is 5.32 Å². The normalized spacial score (nSPS) is 22.3. The van der Waals surface area contributed by atoms with E-state index in [9.17, 15) is 4.79 Å². The molecule has 0 bridgehead atoms. The molecule has 4 rings (SSSR count). The number of nitrogens with one attached hydrogen (secondary N) is 2. The van der Waals surface area contributed by atoms with Crippen LogP contribution in [0.5, 0.6) is 0 Å². The SMILES string of the molecule is Cc1ccccc1CC1OC(=O)c2cc(NC3CCNC3)ccc21. The number of rotatable bonds is 4. The Morgan fingerprint density at radius 3 is 2.92 bits per heavy atom. The maximum absolute atomic E-state index is 12.3. The number of hydrogen-bond acceptors (Lipinski definition) is 4. The number of cyclic esters (lactones) is 1. The van der Waals surface area contributed by atoms with Crippen molar-refractivity contribution < 1.29 is 9.53 Å². The van der Waals surface area contributed by atoms with Gasteiger partial charge in [0.05, 0.1) is 5.56 Å². The van der Waals surface area contributed by atoms with Gasteiger partial charge in [-0.15, -0.1) is 0 Å². The fourth-order valence-corrected chi connectivity index (χ4v) is 3.56. The number of esters is 1. The number of fused-ring (bicyclic) bond motifs is 1. The van der Waals surface area contributed by atoms with Gasteiger partial charge in [0.1, 0.15) is 6.10 Å². The van der Waals surface area contributed by atoms with Gasteiger partial charge in [-0.05, 0) is 43.1 Å². The molecule has 2 aliphatic rings. The van der Waals surface area contributed by atoms with Crippen molar-refractivity contribution in [1.29, 1.82) is 0 Å². The fourth-order valence-electron chi connectivity index (χ4n) is 3.56. The van der Waals surface area contributed by atoms with E-state index < -0.39 is 0 Å². The van der Waals surface area contributed by atoms with Crippen molar-refractivity contribution in [2.45, 2.75) is 31.9 Å². The molecule has 0 aromatic heterocycles. The highest BCUT2D eigenvalue weighted by Crippen LogP contribution is 2.35. The van der Waals surface area contributed by atoms with Crippen LogP contribution in [0.25, 0.3) is 0 Å². The summed E-state index contributed by atoms with van der Waals surface area (Å²) in [5, 5.41) is 6.83. The minimum atomic E-state index is -0.211. The van der Waals surface area contributed by atoms with Crippen LogP contribution < -0.4 is 10.6 Å². The molecule has 4 nitrogen and oxygen atoms in total. The van der Waals surface area contributed by atoms with Crippen LogP contribution in [0, 0.1) is 6.92 Å². The highest BCUT2D eigenvalue weighted by Gasteiger charge is 2.31. The molecular formula is C20H22N2O2. The minimum Gasteiger partial charge on any atom is -0.454 e. The van der Waals surface area contributed by atoms with Crippen molar-refractivity contribution in [3.8, 4) is 0 Å². The van der Waals surface area contributed by atoms with Gasteiger partial charge in [-0.25, -0.2) is 4.79 Å². The van der Waals surface area contributed by atoms with Gasteiger partial charge in [-0.1, -0.05) is 30.3 Å². The highest BCUT2D eigenvalue weighted by atomic mass is 16.5. The third kappa shape index (κ3) is 2.89. The molecule has 4 heteroatoms. The fraction of sp³-hybridized carbons (Fsp3) is 0.350. The Balaban J connectivity index is 1.55. The zero-order chi connectivity index (χ0) is 16.5. The van der Waals surface area contributed by atoms with Gasteiger partial charge < -0.3 is 15.4 Å². The van der Waals surface area contributed by atoms with Gasteiger partial charge in [-0.2, -0.15) is 0 Å². The van der Waals surface area contributed by atoms with E-state index in [1.54, 1.807) is 0 Å². The smallest absolute Gasteiger partial charge is 0.339 e. The Hall–Kier alpha value is -2.33. The van der Waals surface area contributed by atoms with Crippen molar-refractivity contribution in [3.05, 3.63) is 64.7 Å². The maximum atomic E-state index is 12.3. The summed E-state index contributed by atoms with van der Waals surface area (Å²) in [4.78, 5) is 12.3. The molecule has 1 fully saturated rings. The molecule has 0 saturated carbocycles. The molecule has 2 aromatic carbocycles. The van der Waals surface area contributed by atoms with E-state index in [-0.39, 0.29) is 12.1 Å². The van der Waals surface area contributed by atoms with Crippen LogP contribution in [-0.2, 0) is 11.2 Å². The van der Waals surface area contributed by atoms with Crippen molar-refractivity contribution in [3.63, 3.8) is 0 Å². The molecule has 0 amide bonds. The predicted octanol–water partition coefficient (Wildman–Crippen LogP) is 3.22. The zero-order valence-corrected chi connectivity index (χ0v) is 13.8. The molecule has 24 heavy (non-hydrogen) atoms. The van der Waals surface area contributed by atoms with E-state index in [1.807, 2.05) is 24.3 Å². The van der Waals surface area contributed by atoms with Crippen LogP contribution in [0.4, 0.5) is 5.69 Å². The Morgan fingerprint density at radius 1 is 1.25 bits per heavy atom. The molecule has 2 heterocycles. The molecule has 124 valence electrons. The van der Waals surface area contributed by atoms with Crippen molar-refractivity contribution in [2.24, 2.45) is 0 Å². The average Bonchev–Trinajstić information content (AvgIpc) is 3.19. The lowest BCUT2D eigenvalue weighted by Crippen LogP contribution is -2.22. The summed E-state index contributed by atoms with van der Waals surface area (Å²) < 4.78 is 5.64. The quantitative estimate of drug-likeness (QED) is 0.849. The Labute approximate surface area is 142 Å². The summed E-state index contributed by atoms with van der Waals surface area (Å²) in [5.74, 6) is -0.211. The Bertz CT molecular complexity index is 766. The lowest BCUT2D eigenvalue weighted by molar-refractivity contribution is 0.0387. The first kappa shape index (κ1) is 15.2. The van der Waals surface area contributed by atoms with Gasteiger partial charge in [-0.3, -0.25) is 0 Å². The summed E-state index contributed by atoms with van der Waals surface area (Å²) in [6, 6.07) is 14.7. The number of hydrogen-bond donors (Lipinski definition) is 2. The minimum absolute atomic E-state index is 0.184. The molecule has 0 spiro atoms. The second-order valence-corrected chi connectivity index (χ2v) is 6.66. The largest absolute Gasteiger partial charge is 0.454 e. The topological polar surface area (TPSA) is 50.4 Å². The molecule has 1 saturated heterocycles. The van der Waals surface area contributed by atoms with E-state index in [2.05, 4.69) is 35.8 Å². The lowest BCUT2D eigenvalue weighted by atomic mass is 9.96. The number of ether oxygens (including phenoxy) is 1.